The van der Waals surface area contributed by atoms with Gasteiger partial charge in [0.2, 0.25) is 0 Å². The molecule has 1 unspecified atom stereocenters. The Morgan fingerprint density at radius 1 is 1.29 bits per heavy atom. The van der Waals surface area contributed by atoms with Crippen LogP contribution in [0.4, 0.5) is 0 Å². The Bertz CT molecular complexity index is 953. The van der Waals surface area contributed by atoms with Gasteiger partial charge >= 0.3 is 5.63 Å². The lowest BCUT2D eigenvalue weighted by molar-refractivity contribution is 0.0927. The molecule has 1 fully saturated rings. The summed E-state index contributed by atoms with van der Waals surface area (Å²) in [6, 6.07) is 1.75. The maximum atomic E-state index is 13.0. The summed E-state index contributed by atoms with van der Waals surface area (Å²) in [6.45, 7) is 5.63. The van der Waals surface area contributed by atoms with Crippen LogP contribution in [0.5, 0.6) is 0 Å². The molecule has 2 N–H and O–H groups in total. The Kier molecular flexibility index (Phi) is 5.10. The Morgan fingerprint density at radius 2 is 2.04 bits per heavy atom. The number of hydrogen-bond donors (Lipinski definition) is 2. The van der Waals surface area contributed by atoms with Crippen LogP contribution in [0, 0.1) is 13.8 Å². The van der Waals surface area contributed by atoms with E-state index >= 15 is 0 Å². The minimum absolute atomic E-state index is 0.117. The summed E-state index contributed by atoms with van der Waals surface area (Å²) in [5.74, 6) is 0.580. The maximum absolute atomic E-state index is 13.0. The minimum atomic E-state index is -0.537. The van der Waals surface area contributed by atoms with E-state index in [-0.39, 0.29) is 23.4 Å². The number of carbonyl (C=O) groups is 1. The summed E-state index contributed by atoms with van der Waals surface area (Å²) >= 11 is 0. The van der Waals surface area contributed by atoms with Crippen molar-refractivity contribution in [2.45, 2.75) is 57.9 Å². The van der Waals surface area contributed by atoms with E-state index in [4.69, 9.17) is 4.42 Å². The average Bonchev–Trinajstić information content (AvgIpc) is 2.97. The zero-order valence-electron chi connectivity index (χ0n) is 16.8. The summed E-state index contributed by atoms with van der Waals surface area (Å²) in [6.07, 6.45) is 4.69. The summed E-state index contributed by atoms with van der Waals surface area (Å²) in [4.78, 5) is 25.6. The van der Waals surface area contributed by atoms with Crippen molar-refractivity contribution in [2.24, 2.45) is 7.05 Å². The van der Waals surface area contributed by atoms with Crippen LogP contribution in [0.1, 0.15) is 76.3 Å². The smallest absolute Gasteiger partial charge is 0.349 e. The molecule has 0 radical (unpaired) electrons. The molecular weight excluding hydrogens is 356 g/mol. The number of fused-ring (bicyclic) bond motifs is 1. The average molecular weight is 384 g/mol. The van der Waals surface area contributed by atoms with Crippen LogP contribution >= 0.6 is 0 Å². The van der Waals surface area contributed by atoms with Crippen molar-refractivity contribution in [2.75, 3.05) is 13.1 Å². The van der Waals surface area contributed by atoms with Gasteiger partial charge in [-0.3, -0.25) is 9.48 Å². The molecule has 7 nitrogen and oxygen atoms in total. The van der Waals surface area contributed by atoms with Gasteiger partial charge in [0.1, 0.15) is 11.3 Å². The first-order chi connectivity index (χ1) is 13.5. The predicted octanol–water partition coefficient (Wildman–Crippen LogP) is 2.26. The Hall–Kier alpha value is -2.41. The Morgan fingerprint density at radius 3 is 2.75 bits per heavy atom. The van der Waals surface area contributed by atoms with Gasteiger partial charge in [0.05, 0.1) is 11.7 Å². The third kappa shape index (κ3) is 3.39. The van der Waals surface area contributed by atoms with Crippen LogP contribution in [0.2, 0.25) is 0 Å². The van der Waals surface area contributed by atoms with Gasteiger partial charge in [0.25, 0.3) is 5.91 Å². The topological polar surface area (TPSA) is 89.2 Å². The van der Waals surface area contributed by atoms with E-state index < -0.39 is 5.63 Å². The molecule has 150 valence electrons. The SMILES string of the molecule is Cc1cc(C2CCNCC2)oc(=O)c1C(=O)NC1CCCc2c1c(C)nn2C. The fraction of sp³-hybridized carbons (Fsp3) is 0.571. The van der Waals surface area contributed by atoms with E-state index in [9.17, 15) is 9.59 Å². The lowest BCUT2D eigenvalue weighted by Gasteiger charge is -2.25. The van der Waals surface area contributed by atoms with Crippen LogP contribution < -0.4 is 16.3 Å². The number of nitrogens with zero attached hydrogens (tertiary/aromatic N) is 2. The first-order valence-corrected chi connectivity index (χ1v) is 10.1. The normalized spacial score (nSPS) is 20.0. The van der Waals surface area contributed by atoms with Crippen molar-refractivity contribution in [1.82, 2.24) is 20.4 Å². The molecule has 0 aromatic carbocycles. The quantitative estimate of drug-likeness (QED) is 0.847. The molecule has 1 amide bonds. The number of amides is 1. The highest BCUT2D eigenvalue weighted by Crippen LogP contribution is 2.32. The second kappa shape index (κ2) is 7.54. The molecule has 0 spiro atoms. The highest BCUT2D eigenvalue weighted by Gasteiger charge is 2.29. The van der Waals surface area contributed by atoms with E-state index in [0.29, 0.717) is 11.3 Å². The molecule has 4 rings (SSSR count). The van der Waals surface area contributed by atoms with Crippen molar-refractivity contribution in [1.29, 1.82) is 0 Å². The zero-order chi connectivity index (χ0) is 19.8. The van der Waals surface area contributed by atoms with E-state index in [0.717, 1.165) is 56.5 Å². The van der Waals surface area contributed by atoms with E-state index in [2.05, 4.69) is 15.7 Å². The zero-order valence-corrected chi connectivity index (χ0v) is 16.8. The molecule has 0 bridgehead atoms. The summed E-state index contributed by atoms with van der Waals surface area (Å²) in [7, 11) is 1.94. The molecule has 1 aliphatic heterocycles. The van der Waals surface area contributed by atoms with E-state index in [1.54, 1.807) is 0 Å². The molecule has 2 aromatic heterocycles. The first kappa shape index (κ1) is 18.9. The number of piperidine rings is 1. The molecule has 1 saturated heterocycles. The lowest BCUT2D eigenvalue weighted by Crippen LogP contribution is -2.35. The molecule has 3 heterocycles. The summed E-state index contributed by atoms with van der Waals surface area (Å²) in [5, 5.41) is 10.9. The van der Waals surface area contributed by atoms with Crippen LogP contribution in [0.25, 0.3) is 0 Å². The van der Waals surface area contributed by atoms with Crippen molar-refractivity contribution in [3.8, 4) is 0 Å². The van der Waals surface area contributed by atoms with E-state index in [1.165, 1.54) is 5.69 Å². The highest BCUT2D eigenvalue weighted by atomic mass is 16.4. The number of nitrogens with one attached hydrogen (secondary N) is 2. The molecule has 7 heteroatoms. The fourth-order valence-corrected chi connectivity index (χ4v) is 4.68. The van der Waals surface area contributed by atoms with Crippen molar-refractivity contribution in [3.63, 3.8) is 0 Å². The number of rotatable bonds is 3. The van der Waals surface area contributed by atoms with Gasteiger partial charge < -0.3 is 15.1 Å². The molecule has 0 saturated carbocycles. The van der Waals surface area contributed by atoms with Crippen LogP contribution in [-0.2, 0) is 13.5 Å². The van der Waals surface area contributed by atoms with Crippen LogP contribution in [0.15, 0.2) is 15.3 Å². The molecule has 28 heavy (non-hydrogen) atoms. The minimum Gasteiger partial charge on any atom is -0.427 e. The largest absolute Gasteiger partial charge is 0.427 e. The number of hydrogen-bond acceptors (Lipinski definition) is 5. The number of carbonyl (C=O) groups excluding carboxylic acids is 1. The third-order valence-electron chi connectivity index (χ3n) is 6.09. The fourth-order valence-electron chi connectivity index (χ4n) is 4.68. The first-order valence-electron chi connectivity index (χ1n) is 10.1. The van der Waals surface area contributed by atoms with E-state index in [1.807, 2.05) is 31.6 Å². The highest BCUT2D eigenvalue weighted by molar-refractivity contribution is 5.95. The molecule has 2 aliphatic rings. The monoisotopic (exact) mass is 384 g/mol. The van der Waals surface area contributed by atoms with Gasteiger partial charge in [-0.05, 0) is 70.7 Å². The number of aromatic nitrogens is 2. The summed E-state index contributed by atoms with van der Waals surface area (Å²) < 4.78 is 7.47. The standard InChI is InChI=1S/C21H28N4O3/c1-12-11-17(14-7-9-22-10-8-14)28-21(27)18(12)20(26)23-15-5-4-6-16-19(15)13(2)24-25(16)3/h11,14-15,22H,4-10H2,1-3H3,(H,23,26). The Balaban J connectivity index is 1.59. The van der Waals surface area contributed by atoms with Gasteiger partial charge in [-0.15, -0.1) is 0 Å². The predicted molar refractivity (Wildman–Crippen MR) is 106 cm³/mol. The Labute approximate surface area is 164 Å². The van der Waals surface area contributed by atoms with Crippen molar-refractivity contribution >= 4 is 5.91 Å². The lowest BCUT2D eigenvalue weighted by atomic mass is 9.90. The van der Waals surface area contributed by atoms with Gasteiger partial charge in [0.15, 0.2) is 0 Å². The maximum Gasteiger partial charge on any atom is 0.349 e. The molecule has 1 aliphatic carbocycles. The van der Waals surface area contributed by atoms with Gasteiger partial charge in [-0.1, -0.05) is 0 Å². The molecule has 1 atom stereocenters. The number of aryl methyl sites for hydroxylation is 3. The van der Waals surface area contributed by atoms with Crippen LogP contribution in [-0.4, -0.2) is 28.8 Å². The van der Waals surface area contributed by atoms with Gasteiger partial charge in [0, 0.05) is 24.2 Å². The second-order valence-corrected chi connectivity index (χ2v) is 8.01. The second-order valence-electron chi connectivity index (χ2n) is 8.01. The van der Waals surface area contributed by atoms with Crippen molar-refractivity contribution in [3.05, 3.63) is 50.3 Å². The molecule has 2 aromatic rings. The molecular formula is C21H28N4O3. The third-order valence-corrected chi connectivity index (χ3v) is 6.09. The van der Waals surface area contributed by atoms with Gasteiger partial charge in [-0.25, -0.2) is 4.79 Å². The van der Waals surface area contributed by atoms with Crippen LogP contribution in [0.3, 0.4) is 0 Å². The van der Waals surface area contributed by atoms with Crippen molar-refractivity contribution < 1.29 is 9.21 Å². The van der Waals surface area contributed by atoms with Gasteiger partial charge in [-0.2, -0.15) is 5.10 Å². The summed E-state index contributed by atoms with van der Waals surface area (Å²) in [5.41, 5.74) is 3.46.